The summed E-state index contributed by atoms with van der Waals surface area (Å²) in [5.41, 5.74) is 3.90. The molecule has 0 aliphatic carbocycles. The first-order chi connectivity index (χ1) is 6.75. The molecule has 4 heteroatoms. The average Bonchev–Trinajstić information content (AvgIpc) is 2.72. The van der Waals surface area contributed by atoms with Gasteiger partial charge in [0.05, 0.1) is 3.79 Å². The Hall–Kier alpha value is -0.320. The van der Waals surface area contributed by atoms with Gasteiger partial charge >= 0.3 is 0 Å². The van der Waals surface area contributed by atoms with Crippen LogP contribution in [-0.4, -0.2) is 0 Å². The van der Waals surface area contributed by atoms with E-state index in [2.05, 4.69) is 50.4 Å². The predicted molar refractivity (Wildman–Crippen MR) is 68.4 cm³/mol. The molecule has 14 heavy (non-hydrogen) atoms. The van der Waals surface area contributed by atoms with Crippen molar-refractivity contribution in [1.29, 1.82) is 0 Å². The monoisotopic (exact) mass is 287 g/mol. The number of thiophene rings is 2. The van der Waals surface area contributed by atoms with E-state index in [1.165, 1.54) is 20.6 Å². The van der Waals surface area contributed by atoms with Crippen LogP contribution >= 0.6 is 38.6 Å². The van der Waals surface area contributed by atoms with Gasteiger partial charge < -0.3 is 5.32 Å². The summed E-state index contributed by atoms with van der Waals surface area (Å²) in [6, 6.07) is 2.15. The maximum Gasteiger partial charge on any atom is 0.0701 e. The summed E-state index contributed by atoms with van der Waals surface area (Å²) >= 11 is 6.92. The van der Waals surface area contributed by atoms with E-state index in [1.54, 1.807) is 22.7 Å². The fourth-order valence-electron chi connectivity index (χ4n) is 1.18. The lowest BCUT2D eigenvalue weighted by Crippen LogP contribution is -1.97. The molecule has 0 unspecified atom stereocenters. The van der Waals surface area contributed by atoms with Crippen LogP contribution < -0.4 is 5.32 Å². The summed E-state index contributed by atoms with van der Waals surface area (Å²) in [4.78, 5) is 0. The van der Waals surface area contributed by atoms with Crippen LogP contribution in [0.25, 0.3) is 0 Å². The zero-order valence-electron chi connectivity index (χ0n) is 7.71. The van der Waals surface area contributed by atoms with Crippen LogP contribution in [0.4, 0.5) is 5.69 Å². The van der Waals surface area contributed by atoms with Gasteiger partial charge in [-0.25, -0.2) is 0 Å². The number of rotatable bonds is 3. The highest BCUT2D eigenvalue weighted by molar-refractivity contribution is 9.11. The zero-order valence-corrected chi connectivity index (χ0v) is 10.9. The SMILES string of the molecule is Cc1cscc1NCc1csc(Br)c1. The van der Waals surface area contributed by atoms with Crippen LogP contribution in [0.15, 0.2) is 26.0 Å². The standard InChI is InChI=1S/C10H10BrNS2/c1-7-4-13-6-9(7)12-3-8-2-10(11)14-5-8/h2,4-6,12H,3H2,1H3. The van der Waals surface area contributed by atoms with Gasteiger partial charge in [0.15, 0.2) is 0 Å². The fraction of sp³-hybridized carbons (Fsp3) is 0.200. The van der Waals surface area contributed by atoms with E-state index >= 15 is 0 Å². The van der Waals surface area contributed by atoms with E-state index in [4.69, 9.17) is 0 Å². The molecular formula is C10H10BrNS2. The summed E-state index contributed by atoms with van der Waals surface area (Å²) < 4.78 is 1.19. The Bertz CT molecular complexity index is 419. The maximum atomic E-state index is 3.46. The normalized spacial score (nSPS) is 10.4. The highest BCUT2D eigenvalue weighted by Crippen LogP contribution is 2.23. The molecule has 2 aromatic rings. The first kappa shape index (κ1) is 10.2. The smallest absolute Gasteiger partial charge is 0.0701 e. The second kappa shape index (κ2) is 4.47. The Balaban J connectivity index is 1.98. The molecule has 0 aromatic carbocycles. The molecule has 0 aliphatic heterocycles. The van der Waals surface area contributed by atoms with E-state index < -0.39 is 0 Å². The molecule has 0 aliphatic rings. The summed E-state index contributed by atoms with van der Waals surface area (Å²) in [6.45, 7) is 3.03. The van der Waals surface area contributed by atoms with Crippen LogP contribution in [0.2, 0.25) is 0 Å². The largest absolute Gasteiger partial charge is 0.380 e. The first-order valence-corrected chi connectivity index (χ1v) is 6.87. The molecule has 0 atom stereocenters. The highest BCUT2D eigenvalue weighted by atomic mass is 79.9. The van der Waals surface area contributed by atoms with Crippen molar-refractivity contribution in [3.63, 3.8) is 0 Å². The van der Waals surface area contributed by atoms with Crippen molar-refractivity contribution in [3.8, 4) is 0 Å². The fourth-order valence-corrected chi connectivity index (χ4v) is 3.19. The van der Waals surface area contributed by atoms with E-state index in [1.807, 2.05) is 0 Å². The Morgan fingerprint density at radius 3 is 2.79 bits per heavy atom. The van der Waals surface area contributed by atoms with Crippen LogP contribution in [0.1, 0.15) is 11.1 Å². The lowest BCUT2D eigenvalue weighted by Gasteiger charge is -2.02. The molecule has 0 radical (unpaired) electrons. The number of aryl methyl sites for hydroxylation is 1. The molecule has 0 spiro atoms. The molecule has 1 N–H and O–H groups in total. The number of halogens is 1. The molecule has 0 fully saturated rings. The van der Waals surface area contributed by atoms with Crippen molar-refractivity contribution in [2.75, 3.05) is 5.32 Å². The van der Waals surface area contributed by atoms with E-state index in [0.717, 1.165) is 6.54 Å². The second-order valence-electron chi connectivity index (χ2n) is 3.08. The first-order valence-electron chi connectivity index (χ1n) is 4.25. The highest BCUT2D eigenvalue weighted by Gasteiger charge is 2.00. The minimum absolute atomic E-state index is 0.902. The predicted octanol–water partition coefficient (Wildman–Crippen LogP) is 4.49. The lowest BCUT2D eigenvalue weighted by molar-refractivity contribution is 1.16. The van der Waals surface area contributed by atoms with Gasteiger partial charge in [-0.05, 0) is 50.8 Å². The molecule has 0 bridgehead atoms. The van der Waals surface area contributed by atoms with Crippen molar-refractivity contribution in [1.82, 2.24) is 0 Å². The van der Waals surface area contributed by atoms with Crippen LogP contribution in [0, 0.1) is 6.92 Å². The summed E-state index contributed by atoms with van der Waals surface area (Å²) in [6.07, 6.45) is 0. The van der Waals surface area contributed by atoms with Gasteiger partial charge in [0.1, 0.15) is 0 Å². The van der Waals surface area contributed by atoms with Crippen LogP contribution in [0.5, 0.6) is 0 Å². The van der Waals surface area contributed by atoms with Crippen molar-refractivity contribution >= 4 is 44.3 Å². The number of anilines is 1. The number of hydrogen-bond acceptors (Lipinski definition) is 3. The van der Waals surface area contributed by atoms with Crippen LogP contribution in [-0.2, 0) is 6.54 Å². The van der Waals surface area contributed by atoms with Crippen molar-refractivity contribution in [2.45, 2.75) is 13.5 Å². The van der Waals surface area contributed by atoms with E-state index in [9.17, 15) is 0 Å². The number of nitrogens with one attached hydrogen (secondary N) is 1. The van der Waals surface area contributed by atoms with Crippen molar-refractivity contribution < 1.29 is 0 Å². The third kappa shape index (κ3) is 2.38. The van der Waals surface area contributed by atoms with Gasteiger partial charge in [0.2, 0.25) is 0 Å². The number of hydrogen-bond donors (Lipinski definition) is 1. The van der Waals surface area contributed by atoms with Crippen LogP contribution in [0.3, 0.4) is 0 Å². The molecule has 2 rings (SSSR count). The van der Waals surface area contributed by atoms with Gasteiger partial charge in [-0.2, -0.15) is 0 Å². The van der Waals surface area contributed by atoms with Gasteiger partial charge in [-0.15, -0.1) is 22.7 Å². The zero-order chi connectivity index (χ0) is 9.97. The van der Waals surface area contributed by atoms with E-state index in [0.29, 0.717) is 0 Å². The Morgan fingerprint density at radius 1 is 1.36 bits per heavy atom. The maximum absolute atomic E-state index is 3.46. The Morgan fingerprint density at radius 2 is 2.21 bits per heavy atom. The average molecular weight is 288 g/mol. The molecule has 0 saturated carbocycles. The van der Waals surface area contributed by atoms with E-state index in [-0.39, 0.29) is 0 Å². The lowest BCUT2D eigenvalue weighted by atomic mass is 10.3. The third-order valence-electron chi connectivity index (χ3n) is 1.96. The molecule has 74 valence electrons. The van der Waals surface area contributed by atoms with Gasteiger partial charge in [0.25, 0.3) is 0 Å². The van der Waals surface area contributed by atoms with Crippen molar-refractivity contribution in [3.05, 3.63) is 37.1 Å². The summed E-state index contributed by atoms with van der Waals surface area (Å²) in [7, 11) is 0. The third-order valence-corrected chi connectivity index (χ3v) is 4.37. The summed E-state index contributed by atoms with van der Waals surface area (Å²) in [5.74, 6) is 0. The van der Waals surface area contributed by atoms with Gasteiger partial charge in [-0.3, -0.25) is 0 Å². The van der Waals surface area contributed by atoms with Gasteiger partial charge in [0, 0.05) is 17.6 Å². The van der Waals surface area contributed by atoms with Crippen molar-refractivity contribution in [2.24, 2.45) is 0 Å². The van der Waals surface area contributed by atoms with Gasteiger partial charge in [-0.1, -0.05) is 0 Å². The molecule has 2 heterocycles. The quantitative estimate of drug-likeness (QED) is 0.877. The molecule has 1 nitrogen and oxygen atoms in total. The minimum atomic E-state index is 0.902. The molecule has 0 saturated heterocycles. The molecular weight excluding hydrogens is 278 g/mol. The second-order valence-corrected chi connectivity index (χ2v) is 6.12. The Kier molecular flexibility index (Phi) is 3.26. The molecule has 0 amide bonds. The topological polar surface area (TPSA) is 12.0 Å². The Labute approximate surface area is 99.9 Å². The minimum Gasteiger partial charge on any atom is -0.380 e. The molecule has 2 aromatic heterocycles. The summed E-state index contributed by atoms with van der Waals surface area (Å²) in [5, 5.41) is 9.89.